The van der Waals surface area contributed by atoms with Crippen molar-refractivity contribution in [3.05, 3.63) is 71.4 Å². The summed E-state index contributed by atoms with van der Waals surface area (Å²) in [6.07, 6.45) is 3.80. The third kappa shape index (κ3) is 2.62. The maximum absolute atomic E-state index is 12.9. The lowest BCUT2D eigenvalue weighted by Gasteiger charge is -2.34. The molecule has 2 aromatic carbocycles. The molecule has 2 aliphatic heterocycles. The number of carbonyl (C=O) groups is 1. The van der Waals surface area contributed by atoms with Gasteiger partial charge in [-0.05, 0) is 37.1 Å². The number of ether oxygens (including phenoxy) is 1. The van der Waals surface area contributed by atoms with Crippen LogP contribution < -0.4 is 4.74 Å². The fraction of sp³-hybridized carbons (Fsp3) is 0.292. The van der Waals surface area contributed by atoms with E-state index in [4.69, 9.17) is 4.74 Å². The topological polar surface area (TPSA) is 77.1 Å². The summed E-state index contributed by atoms with van der Waals surface area (Å²) in [5.41, 5.74) is 1.13. The molecule has 0 aliphatic carbocycles. The predicted octanol–water partition coefficient (Wildman–Crippen LogP) is 4.20. The Kier molecular flexibility index (Phi) is 4.60. The number of nitriles is 2. The zero-order valence-electron chi connectivity index (χ0n) is 16.4. The molecule has 0 radical (unpaired) electrons. The molecule has 0 saturated carbocycles. The van der Waals surface area contributed by atoms with Crippen molar-refractivity contribution in [3.8, 4) is 17.9 Å². The lowest BCUT2D eigenvalue weighted by molar-refractivity contribution is -0.121. The minimum atomic E-state index is -1.44. The number of Topliss-reactive ketones (excluding diaryl/α,β-unsaturated/α-hetero) is 1. The first-order valence-electron chi connectivity index (χ1n) is 9.68. The number of rotatable bonds is 4. The van der Waals surface area contributed by atoms with Crippen molar-refractivity contribution in [2.24, 2.45) is 5.41 Å². The van der Waals surface area contributed by atoms with Crippen LogP contribution in [0.1, 0.15) is 42.5 Å². The molecule has 0 aromatic heterocycles. The second-order valence-corrected chi connectivity index (χ2v) is 7.39. The van der Waals surface area contributed by atoms with Crippen LogP contribution in [-0.2, 0) is 4.79 Å². The molecule has 0 amide bonds. The van der Waals surface area contributed by atoms with E-state index in [2.05, 4.69) is 12.1 Å². The van der Waals surface area contributed by atoms with Crippen molar-refractivity contribution in [1.29, 1.82) is 10.5 Å². The standard InChI is InChI=1S/C24H21N3O2/c1-3-29-20-11-7-6-10-19(20)21-22(16(2)28)27-13-12-17-8-4-5-9-18(17)23(27)24(21,14-25)15-26/h4-13,21-23H,3H2,1-2H3/t21-,22-,23-/m0/s1. The summed E-state index contributed by atoms with van der Waals surface area (Å²) in [6.45, 7) is 3.87. The highest BCUT2D eigenvalue weighted by Crippen LogP contribution is 2.60. The van der Waals surface area contributed by atoms with Crippen LogP contribution >= 0.6 is 0 Å². The van der Waals surface area contributed by atoms with Gasteiger partial charge in [0.15, 0.2) is 11.2 Å². The molecule has 3 atom stereocenters. The minimum Gasteiger partial charge on any atom is -0.494 e. The summed E-state index contributed by atoms with van der Waals surface area (Å²) in [5.74, 6) is -0.112. The Morgan fingerprint density at radius 1 is 1.10 bits per heavy atom. The summed E-state index contributed by atoms with van der Waals surface area (Å²) in [5, 5.41) is 20.7. The van der Waals surface area contributed by atoms with Crippen LogP contribution in [0.4, 0.5) is 0 Å². The van der Waals surface area contributed by atoms with Gasteiger partial charge in [0, 0.05) is 17.7 Å². The van der Waals surface area contributed by atoms with Gasteiger partial charge in [0.05, 0.1) is 30.8 Å². The number of carbonyl (C=O) groups excluding carboxylic acids is 1. The maximum atomic E-state index is 12.9. The van der Waals surface area contributed by atoms with Gasteiger partial charge >= 0.3 is 0 Å². The lowest BCUT2D eigenvalue weighted by atomic mass is 9.67. The van der Waals surface area contributed by atoms with Gasteiger partial charge in [-0.25, -0.2) is 0 Å². The number of hydrogen-bond donors (Lipinski definition) is 0. The molecule has 5 nitrogen and oxygen atoms in total. The highest BCUT2D eigenvalue weighted by molar-refractivity contribution is 5.85. The van der Waals surface area contributed by atoms with Gasteiger partial charge in [-0.3, -0.25) is 4.79 Å². The van der Waals surface area contributed by atoms with Crippen molar-refractivity contribution >= 4 is 11.9 Å². The van der Waals surface area contributed by atoms with E-state index >= 15 is 0 Å². The van der Waals surface area contributed by atoms with Gasteiger partial charge in [-0.1, -0.05) is 42.5 Å². The van der Waals surface area contributed by atoms with Crippen LogP contribution in [0.3, 0.4) is 0 Å². The first-order chi connectivity index (χ1) is 14.1. The van der Waals surface area contributed by atoms with Crippen LogP contribution in [-0.4, -0.2) is 23.3 Å². The predicted molar refractivity (Wildman–Crippen MR) is 109 cm³/mol. The zero-order chi connectivity index (χ0) is 20.6. The highest BCUT2D eigenvalue weighted by atomic mass is 16.5. The van der Waals surface area contributed by atoms with Gasteiger partial charge in [0.1, 0.15) is 5.75 Å². The van der Waals surface area contributed by atoms with Crippen LogP contribution in [0.5, 0.6) is 5.75 Å². The smallest absolute Gasteiger partial charge is 0.177 e. The first kappa shape index (κ1) is 18.8. The number of fused-ring (bicyclic) bond motifs is 3. The summed E-state index contributed by atoms with van der Waals surface area (Å²) >= 11 is 0. The van der Waals surface area contributed by atoms with Crippen molar-refractivity contribution in [1.82, 2.24) is 4.90 Å². The Labute approximate surface area is 170 Å². The number of para-hydroxylation sites is 1. The Morgan fingerprint density at radius 3 is 2.41 bits per heavy atom. The van der Waals surface area contributed by atoms with Gasteiger partial charge in [-0.15, -0.1) is 0 Å². The second kappa shape index (κ2) is 7.11. The molecule has 0 spiro atoms. The average molecular weight is 383 g/mol. The third-order valence-electron chi connectivity index (χ3n) is 5.91. The van der Waals surface area contributed by atoms with E-state index in [1.165, 1.54) is 6.92 Å². The summed E-state index contributed by atoms with van der Waals surface area (Å²) in [4.78, 5) is 14.7. The van der Waals surface area contributed by atoms with E-state index < -0.39 is 23.4 Å². The van der Waals surface area contributed by atoms with Crippen LogP contribution in [0.2, 0.25) is 0 Å². The monoisotopic (exact) mass is 383 g/mol. The molecule has 4 rings (SSSR count). The molecule has 0 unspecified atom stereocenters. The Balaban J connectivity index is 2.01. The summed E-state index contributed by atoms with van der Waals surface area (Å²) < 4.78 is 5.82. The Hall–Kier alpha value is -3.57. The molecule has 2 aliphatic rings. The first-order valence-corrected chi connectivity index (χ1v) is 9.68. The summed E-state index contributed by atoms with van der Waals surface area (Å²) in [7, 11) is 0. The van der Waals surface area contributed by atoms with E-state index in [9.17, 15) is 15.3 Å². The van der Waals surface area contributed by atoms with E-state index in [0.717, 1.165) is 16.7 Å². The molecule has 0 bridgehead atoms. The maximum Gasteiger partial charge on any atom is 0.177 e. The van der Waals surface area contributed by atoms with Crippen molar-refractivity contribution < 1.29 is 9.53 Å². The molecule has 2 aromatic rings. The number of nitrogens with zero attached hydrogens (tertiary/aromatic N) is 3. The minimum absolute atomic E-state index is 0.0808. The van der Waals surface area contributed by atoms with E-state index in [0.29, 0.717) is 12.4 Å². The number of benzene rings is 2. The normalized spacial score (nSPS) is 23.4. The SMILES string of the molecule is CCOc1ccccc1[C@H]1[C@H](C(C)=O)N2C=Cc3ccccc3[C@H]2C1(C#N)C#N. The largest absolute Gasteiger partial charge is 0.494 e. The van der Waals surface area contributed by atoms with Crippen LogP contribution in [0.25, 0.3) is 6.08 Å². The molecular weight excluding hydrogens is 362 g/mol. The fourth-order valence-corrected chi connectivity index (χ4v) is 4.82. The van der Waals surface area contributed by atoms with Crippen molar-refractivity contribution in [2.45, 2.75) is 31.8 Å². The molecule has 1 saturated heterocycles. The van der Waals surface area contributed by atoms with E-state index in [-0.39, 0.29) is 5.78 Å². The summed E-state index contributed by atoms with van der Waals surface area (Å²) in [6, 6.07) is 18.6. The van der Waals surface area contributed by atoms with E-state index in [1.54, 1.807) is 0 Å². The molecule has 29 heavy (non-hydrogen) atoms. The zero-order valence-corrected chi connectivity index (χ0v) is 16.4. The molecule has 144 valence electrons. The molecule has 1 fully saturated rings. The third-order valence-corrected chi connectivity index (χ3v) is 5.91. The van der Waals surface area contributed by atoms with Crippen LogP contribution in [0, 0.1) is 28.1 Å². The number of hydrogen-bond acceptors (Lipinski definition) is 5. The highest BCUT2D eigenvalue weighted by Gasteiger charge is 2.63. The van der Waals surface area contributed by atoms with E-state index in [1.807, 2.05) is 72.6 Å². The molecule has 0 N–H and O–H groups in total. The average Bonchev–Trinajstić information content (AvgIpc) is 3.05. The lowest BCUT2D eigenvalue weighted by Crippen LogP contribution is -2.36. The number of ketones is 1. The molecule has 5 heteroatoms. The molecule has 2 heterocycles. The Bertz CT molecular complexity index is 1060. The van der Waals surface area contributed by atoms with Gasteiger partial charge in [0.25, 0.3) is 0 Å². The fourth-order valence-electron chi connectivity index (χ4n) is 4.82. The second-order valence-electron chi connectivity index (χ2n) is 7.39. The van der Waals surface area contributed by atoms with Crippen molar-refractivity contribution in [2.75, 3.05) is 6.61 Å². The molecular formula is C24H21N3O2. The van der Waals surface area contributed by atoms with Gasteiger partial charge in [0.2, 0.25) is 0 Å². The van der Waals surface area contributed by atoms with Gasteiger partial charge in [-0.2, -0.15) is 10.5 Å². The van der Waals surface area contributed by atoms with Crippen LogP contribution in [0.15, 0.2) is 54.7 Å². The van der Waals surface area contributed by atoms with Gasteiger partial charge < -0.3 is 9.64 Å². The quantitative estimate of drug-likeness (QED) is 0.791. The van der Waals surface area contributed by atoms with Crippen molar-refractivity contribution in [3.63, 3.8) is 0 Å². The Morgan fingerprint density at radius 2 is 1.76 bits per heavy atom.